The first-order valence-electron chi connectivity index (χ1n) is 3.82. The number of nitrogens with zero attached hydrogens (tertiary/aromatic N) is 1. The maximum absolute atomic E-state index is 7.41. The van der Waals surface area contributed by atoms with Gasteiger partial charge in [-0.2, -0.15) is 0 Å². The normalized spacial score (nSPS) is 28.5. The monoisotopic (exact) mass is 149 g/mol. The third-order valence-corrected chi connectivity index (χ3v) is 2.27. The molecule has 1 aliphatic rings. The Labute approximate surface area is 65.4 Å². The van der Waals surface area contributed by atoms with E-state index >= 15 is 0 Å². The van der Waals surface area contributed by atoms with Crippen LogP contribution >= 0.6 is 0 Å². The lowest BCUT2D eigenvalue weighted by Gasteiger charge is -1.92. The molecule has 0 aromatic carbocycles. The molecule has 0 spiro atoms. The topological polar surface area (TPSA) is 52.5 Å². The molecule has 1 saturated carbocycles. The van der Waals surface area contributed by atoms with E-state index in [9.17, 15) is 0 Å². The second-order valence-corrected chi connectivity index (χ2v) is 3.14. The van der Waals surface area contributed by atoms with Crippen molar-refractivity contribution in [2.45, 2.75) is 19.3 Å². The Morgan fingerprint density at radius 3 is 3.09 bits per heavy atom. The molecule has 58 valence electrons. The highest BCUT2D eigenvalue weighted by Gasteiger charge is 2.40. The summed E-state index contributed by atoms with van der Waals surface area (Å²) in [7, 11) is 0. The Morgan fingerprint density at radius 1 is 1.82 bits per heavy atom. The molecule has 11 heavy (non-hydrogen) atoms. The number of aromatic amines is 1. The molecule has 1 aromatic rings. The summed E-state index contributed by atoms with van der Waals surface area (Å²) >= 11 is 0. The molecule has 0 saturated heterocycles. The molecule has 2 N–H and O–H groups in total. The summed E-state index contributed by atoms with van der Waals surface area (Å²) in [4.78, 5) is 7.03. The van der Waals surface area contributed by atoms with Crippen LogP contribution in [0, 0.1) is 11.3 Å². The van der Waals surface area contributed by atoms with Gasteiger partial charge in [0.05, 0.1) is 6.33 Å². The molecule has 3 nitrogen and oxygen atoms in total. The Hall–Kier alpha value is -1.12. The van der Waals surface area contributed by atoms with Gasteiger partial charge in [-0.05, 0) is 13.3 Å². The third kappa shape index (κ3) is 1.06. The lowest BCUT2D eigenvalue weighted by Crippen LogP contribution is -1.93. The minimum atomic E-state index is 0.482. The van der Waals surface area contributed by atoms with E-state index in [1.54, 1.807) is 6.33 Å². The molecule has 3 heteroatoms. The van der Waals surface area contributed by atoms with Crippen molar-refractivity contribution in [3.8, 4) is 0 Å². The van der Waals surface area contributed by atoms with Crippen LogP contribution in [-0.2, 0) is 0 Å². The standard InChI is InChI=1S/C8H11N3/c1-5(9)6-2-7(6)8-3-10-4-11-8/h3-4,6-7,9H,2H2,1H3,(H,10,11). The molecule has 2 unspecified atom stereocenters. The maximum Gasteiger partial charge on any atom is 0.0921 e. The van der Waals surface area contributed by atoms with Crippen LogP contribution < -0.4 is 0 Å². The van der Waals surface area contributed by atoms with Crippen molar-refractivity contribution in [3.05, 3.63) is 18.2 Å². The highest BCUT2D eigenvalue weighted by Crippen LogP contribution is 2.46. The number of nitrogens with one attached hydrogen (secondary N) is 2. The van der Waals surface area contributed by atoms with Gasteiger partial charge < -0.3 is 10.4 Å². The second kappa shape index (κ2) is 2.19. The Balaban J connectivity index is 2.08. The zero-order valence-electron chi connectivity index (χ0n) is 6.46. The van der Waals surface area contributed by atoms with Gasteiger partial charge in [0.2, 0.25) is 0 Å². The number of aromatic nitrogens is 2. The minimum Gasteiger partial charge on any atom is -0.348 e. The fourth-order valence-corrected chi connectivity index (χ4v) is 1.49. The molecule has 0 aliphatic heterocycles. The van der Waals surface area contributed by atoms with Gasteiger partial charge in [-0.15, -0.1) is 0 Å². The van der Waals surface area contributed by atoms with Crippen LogP contribution in [0.3, 0.4) is 0 Å². The predicted octanol–water partition coefficient (Wildman–Crippen LogP) is 1.55. The second-order valence-electron chi connectivity index (χ2n) is 3.14. The van der Waals surface area contributed by atoms with Crippen LogP contribution in [0.25, 0.3) is 0 Å². The van der Waals surface area contributed by atoms with Crippen molar-refractivity contribution in [2.75, 3.05) is 0 Å². The van der Waals surface area contributed by atoms with E-state index in [-0.39, 0.29) is 0 Å². The molecule has 0 bridgehead atoms. The van der Waals surface area contributed by atoms with E-state index in [2.05, 4.69) is 9.97 Å². The predicted molar refractivity (Wildman–Crippen MR) is 42.8 cm³/mol. The number of hydrogen-bond donors (Lipinski definition) is 2. The van der Waals surface area contributed by atoms with Crippen LogP contribution in [0.2, 0.25) is 0 Å². The van der Waals surface area contributed by atoms with Gasteiger partial charge in [0.1, 0.15) is 0 Å². The van der Waals surface area contributed by atoms with E-state index in [0.29, 0.717) is 11.8 Å². The van der Waals surface area contributed by atoms with Crippen LogP contribution in [0.5, 0.6) is 0 Å². The summed E-state index contributed by atoms with van der Waals surface area (Å²) in [5.74, 6) is 1.03. The first-order valence-corrected chi connectivity index (χ1v) is 3.82. The molecule has 2 rings (SSSR count). The van der Waals surface area contributed by atoms with E-state index in [0.717, 1.165) is 12.1 Å². The maximum atomic E-state index is 7.41. The van der Waals surface area contributed by atoms with Crippen molar-refractivity contribution in [2.24, 2.45) is 5.92 Å². The molecule has 2 atom stereocenters. The van der Waals surface area contributed by atoms with Gasteiger partial charge in [0, 0.05) is 29.4 Å². The van der Waals surface area contributed by atoms with Gasteiger partial charge in [-0.3, -0.25) is 0 Å². The molecule has 1 aromatic heterocycles. The van der Waals surface area contributed by atoms with Gasteiger partial charge in [0.15, 0.2) is 0 Å². The van der Waals surface area contributed by atoms with Crippen LogP contribution in [0.1, 0.15) is 25.0 Å². The van der Waals surface area contributed by atoms with E-state index in [1.807, 2.05) is 13.1 Å². The summed E-state index contributed by atoms with van der Waals surface area (Å²) in [6.45, 7) is 1.88. The van der Waals surface area contributed by atoms with E-state index < -0.39 is 0 Å². The van der Waals surface area contributed by atoms with Crippen LogP contribution in [0.4, 0.5) is 0 Å². The molecule has 0 radical (unpaired) electrons. The number of H-pyrrole nitrogens is 1. The molecule has 0 amide bonds. The zero-order valence-corrected chi connectivity index (χ0v) is 6.46. The summed E-state index contributed by atoms with van der Waals surface area (Å²) in [6, 6.07) is 0. The number of rotatable bonds is 2. The van der Waals surface area contributed by atoms with E-state index in [1.165, 1.54) is 5.69 Å². The Bertz CT molecular complexity index is 263. The smallest absolute Gasteiger partial charge is 0.0921 e. The minimum absolute atomic E-state index is 0.482. The fourth-order valence-electron chi connectivity index (χ4n) is 1.49. The number of hydrogen-bond acceptors (Lipinski definition) is 2. The third-order valence-electron chi connectivity index (χ3n) is 2.27. The SMILES string of the molecule is CC(=N)C1CC1c1cnc[nH]1. The van der Waals surface area contributed by atoms with Gasteiger partial charge in [-0.1, -0.05) is 0 Å². The van der Waals surface area contributed by atoms with Crippen molar-refractivity contribution >= 4 is 5.71 Å². The average Bonchev–Trinajstić information content (AvgIpc) is 2.60. The molecular weight excluding hydrogens is 138 g/mol. The van der Waals surface area contributed by atoms with Crippen molar-refractivity contribution < 1.29 is 0 Å². The fraction of sp³-hybridized carbons (Fsp3) is 0.500. The molecular formula is C8H11N3. The first-order chi connectivity index (χ1) is 5.29. The summed E-state index contributed by atoms with van der Waals surface area (Å²) in [5, 5.41) is 7.41. The Kier molecular flexibility index (Phi) is 1.31. The highest BCUT2D eigenvalue weighted by atomic mass is 14.9. The van der Waals surface area contributed by atoms with Crippen molar-refractivity contribution in [1.29, 1.82) is 5.41 Å². The summed E-state index contributed by atoms with van der Waals surface area (Å²) < 4.78 is 0. The first kappa shape index (κ1) is 6.58. The quantitative estimate of drug-likeness (QED) is 0.616. The Morgan fingerprint density at radius 2 is 2.64 bits per heavy atom. The summed E-state index contributed by atoms with van der Waals surface area (Å²) in [6.07, 6.45) is 4.68. The molecule has 1 heterocycles. The van der Waals surface area contributed by atoms with Gasteiger partial charge >= 0.3 is 0 Å². The lowest BCUT2D eigenvalue weighted by molar-refractivity contribution is 0.988. The molecule has 1 fully saturated rings. The van der Waals surface area contributed by atoms with Gasteiger partial charge in [0.25, 0.3) is 0 Å². The molecule has 1 aliphatic carbocycles. The average molecular weight is 149 g/mol. The van der Waals surface area contributed by atoms with Gasteiger partial charge in [-0.25, -0.2) is 4.98 Å². The highest BCUT2D eigenvalue weighted by molar-refractivity contribution is 5.85. The van der Waals surface area contributed by atoms with Crippen LogP contribution in [-0.4, -0.2) is 15.7 Å². The van der Waals surface area contributed by atoms with Crippen molar-refractivity contribution in [3.63, 3.8) is 0 Å². The largest absolute Gasteiger partial charge is 0.348 e. The van der Waals surface area contributed by atoms with E-state index in [4.69, 9.17) is 5.41 Å². The van der Waals surface area contributed by atoms with Crippen LogP contribution in [0.15, 0.2) is 12.5 Å². The zero-order chi connectivity index (χ0) is 7.84. The summed E-state index contributed by atoms with van der Waals surface area (Å²) in [5.41, 5.74) is 1.98. The van der Waals surface area contributed by atoms with Crippen molar-refractivity contribution in [1.82, 2.24) is 9.97 Å². The lowest BCUT2D eigenvalue weighted by atomic mass is 10.2. The number of imidazole rings is 1.